The SMILES string of the molecule is CNCC1(c2ccc3c(c2)OCCO3)CC=CC1. The fourth-order valence-electron chi connectivity index (χ4n) is 2.89. The second-order valence-electron chi connectivity index (χ2n) is 5.05. The Hall–Kier alpha value is -1.48. The molecule has 0 saturated carbocycles. The van der Waals surface area contributed by atoms with Gasteiger partial charge in [0.05, 0.1) is 0 Å². The largest absolute Gasteiger partial charge is 0.486 e. The van der Waals surface area contributed by atoms with E-state index in [1.165, 1.54) is 5.56 Å². The van der Waals surface area contributed by atoms with E-state index in [0.29, 0.717) is 13.2 Å². The minimum atomic E-state index is 0.185. The van der Waals surface area contributed by atoms with Crippen molar-refractivity contribution >= 4 is 0 Å². The van der Waals surface area contributed by atoms with Crippen LogP contribution in [-0.2, 0) is 5.41 Å². The number of fused-ring (bicyclic) bond motifs is 1. The van der Waals surface area contributed by atoms with Crippen molar-refractivity contribution in [1.29, 1.82) is 0 Å². The standard InChI is InChI=1S/C15H19NO2/c1-16-11-15(6-2-3-7-15)12-4-5-13-14(10-12)18-9-8-17-13/h2-5,10,16H,6-9,11H2,1H3. The predicted octanol–water partition coefficient (Wildman–Crippen LogP) is 2.27. The van der Waals surface area contributed by atoms with Crippen LogP contribution < -0.4 is 14.8 Å². The normalized spacial score (nSPS) is 20.1. The lowest BCUT2D eigenvalue weighted by Gasteiger charge is -2.31. The van der Waals surface area contributed by atoms with Crippen molar-refractivity contribution in [3.8, 4) is 11.5 Å². The molecule has 0 unspecified atom stereocenters. The summed E-state index contributed by atoms with van der Waals surface area (Å²) in [6.07, 6.45) is 6.73. The third-order valence-electron chi connectivity index (χ3n) is 3.85. The summed E-state index contributed by atoms with van der Waals surface area (Å²) in [6.45, 7) is 2.28. The van der Waals surface area contributed by atoms with E-state index in [1.807, 2.05) is 13.1 Å². The topological polar surface area (TPSA) is 30.5 Å². The zero-order valence-corrected chi connectivity index (χ0v) is 10.7. The summed E-state index contributed by atoms with van der Waals surface area (Å²) in [5.41, 5.74) is 1.52. The van der Waals surface area contributed by atoms with E-state index < -0.39 is 0 Å². The summed E-state index contributed by atoms with van der Waals surface area (Å²) < 4.78 is 11.3. The van der Waals surface area contributed by atoms with Crippen LogP contribution in [0.5, 0.6) is 11.5 Å². The van der Waals surface area contributed by atoms with E-state index in [1.54, 1.807) is 0 Å². The van der Waals surface area contributed by atoms with Crippen LogP contribution in [-0.4, -0.2) is 26.8 Å². The van der Waals surface area contributed by atoms with E-state index in [0.717, 1.165) is 30.9 Å². The number of nitrogens with one attached hydrogen (secondary N) is 1. The van der Waals surface area contributed by atoms with Gasteiger partial charge in [0, 0.05) is 12.0 Å². The second-order valence-corrected chi connectivity index (χ2v) is 5.05. The first-order chi connectivity index (χ1) is 8.84. The number of rotatable bonds is 3. The van der Waals surface area contributed by atoms with Gasteiger partial charge in [0.2, 0.25) is 0 Å². The number of ether oxygens (including phenoxy) is 2. The lowest BCUT2D eigenvalue weighted by molar-refractivity contribution is 0.171. The Kier molecular flexibility index (Phi) is 3.00. The van der Waals surface area contributed by atoms with E-state index in [4.69, 9.17) is 9.47 Å². The highest BCUT2D eigenvalue weighted by molar-refractivity contribution is 5.47. The molecule has 0 saturated heterocycles. The molecule has 3 heteroatoms. The van der Waals surface area contributed by atoms with Gasteiger partial charge in [-0.05, 0) is 37.6 Å². The molecule has 0 atom stereocenters. The number of likely N-dealkylation sites (N-methyl/N-ethyl adjacent to an activating group) is 1. The quantitative estimate of drug-likeness (QED) is 0.829. The molecule has 3 nitrogen and oxygen atoms in total. The van der Waals surface area contributed by atoms with Crippen molar-refractivity contribution in [2.45, 2.75) is 18.3 Å². The van der Waals surface area contributed by atoms with Gasteiger partial charge in [0.15, 0.2) is 11.5 Å². The molecular weight excluding hydrogens is 226 g/mol. The zero-order chi connectivity index (χ0) is 12.4. The maximum absolute atomic E-state index is 5.68. The molecule has 96 valence electrons. The highest BCUT2D eigenvalue weighted by Gasteiger charge is 2.33. The highest BCUT2D eigenvalue weighted by atomic mass is 16.6. The van der Waals surface area contributed by atoms with Crippen LogP contribution in [0.3, 0.4) is 0 Å². The molecular formula is C15H19NO2. The van der Waals surface area contributed by atoms with Crippen molar-refractivity contribution in [1.82, 2.24) is 5.32 Å². The molecule has 0 radical (unpaired) electrons. The third kappa shape index (κ3) is 1.89. The Labute approximate surface area is 108 Å². The highest BCUT2D eigenvalue weighted by Crippen LogP contribution is 2.41. The molecule has 2 aliphatic rings. The van der Waals surface area contributed by atoms with Gasteiger partial charge < -0.3 is 14.8 Å². The maximum Gasteiger partial charge on any atom is 0.161 e. The molecule has 1 N–H and O–H groups in total. The van der Waals surface area contributed by atoms with Crippen molar-refractivity contribution in [3.63, 3.8) is 0 Å². The van der Waals surface area contributed by atoms with Crippen molar-refractivity contribution in [2.75, 3.05) is 26.8 Å². The van der Waals surface area contributed by atoms with Crippen LogP contribution in [0.15, 0.2) is 30.4 Å². The molecule has 0 spiro atoms. The van der Waals surface area contributed by atoms with Gasteiger partial charge >= 0.3 is 0 Å². The maximum atomic E-state index is 5.68. The van der Waals surface area contributed by atoms with Crippen molar-refractivity contribution in [3.05, 3.63) is 35.9 Å². The molecule has 3 rings (SSSR count). The average Bonchev–Trinajstić information content (AvgIpc) is 2.88. The molecule has 0 fully saturated rings. The first-order valence-electron chi connectivity index (χ1n) is 6.54. The second kappa shape index (κ2) is 4.65. The summed E-state index contributed by atoms with van der Waals surface area (Å²) in [5, 5.41) is 3.32. The van der Waals surface area contributed by atoms with Crippen LogP contribution >= 0.6 is 0 Å². The summed E-state index contributed by atoms with van der Waals surface area (Å²) in [5.74, 6) is 1.76. The van der Waals surface area contributed by atoms with Gasteiger partial charge in [0.1, 0.15) is 13.2 Å². The molecule has 1 heterocycles. The summed E-state index contributed by atoms with van der Waals surface area (Å²) in [7, 11) is 2.01. The molecule has 1 aromatic carbocycles. The average molecular weight is 245 g/mol. The molecule has 0 aromatic heterocycles. The van der Waals surface area contributed by atoms with Crippen LogP contribution in [0.25, 0.3) is 0 Å². The zero-order valence-electron chi connectivity index (χ0n) is 10.7. The lowest BCUT2D eigenvalue weighted by Crippen LogP contribution is -2.34. The summed E-state index contributed by atoms with van der Waals surface area (Å²) in [6, 6.07) is 6.37. The Morgan fingerprint density at radius 3 is 2.56 bits per heavy atom. The fourth-order valence-corrected chi connectivity index (χ4v) is 2.89. The number of hydrogen-bond donors (Lipinski definition) is 1. The molecule has 1 aliphatic carbocycles. The molecule has 0 bridgehead atoms. The van der Waals surface area contributed by atoms with Gasteiger partial charge in [0.25, 0.3) is 0 Å². The van der Waals surface area contributed by atoms with Gasteiger partial charge in [-0.25, -0.2) is 0 Å². The van der Waals surface area contributed by atoms with Crippen LogP contribution in [0.4, 0.5) is 0 Å². The van der Waals surface area contributed by atoms with Crippen molar-refractivity contribution < 1.29 is 9.47 Å². The van der Waals surface area contributed by atoms with Gasteiger partial charge in [-0.2, -0.15) is 0 Å². The summed E-state index contributed by atoms with van der Waals surface area (Å²) in [4.78, 5) is 0. The first-order valence-corrected chi connectivity index (χ1v) is 6.54. The smallest absolute Gasteiger partial charge is 0.161 e. The van der Waals surface area contributed by atoms with Gasteiger partial charge in [-0.1, -0.05) is 18.2 Å². The Morgan fingerprint density at radius 2 is 1.83 bits per heavy atom. The monoisotopic (exact) mass is 245 g/mol. The van der Waals surface area contributed by atoms with Crippen LogP contribution in [0.1, 0.15) is 18.4 Å². The Morgan fingerprint density at radius 1 is 1.11 bits per heavy atom. The fraction of sp³-hybridized carbons (Fsp3) is 0.467. The predicted molar refractivity (Wildman–Crippen MR) is 71.4 cm³/mol. The van der Waals surface area contributed by atoms with Crippen LogP contribution in [0, 0.1) is 0 Å². The lowest BCUT2D eigenvalue weighted by atomic mass is 9.78. The minimum Gasteiger partial charge on any atom is -0.486 e. The van der Waals surface area contributed by atoms with E-state index in [-0.39, 0.29) is 5.41 Å². The first kappa shape index (κ1) is 11.6. The van der Waals surface area contributed by atoms with E-state index >= 15 is 0 Å². The minimum absolute atomic E-state index is 0.185. The number of benzene rings is 1. The van der Waals surface area contributed by atoms with Gasteiger partial charge in [-0.3, -0.25) is 0 Å². The third-order valence-corrected chi connectivity index (χ3v) is 3.85. The molecule has 1 aliphatic heterocycles. The Balaban J connectivity index is 1.95. The van der Waals surface area contributed by atoms with E-state index in [2.05, 4.69) is 29.6 Å². The number of allylic oxidation sites excluding steroid dienone is 2. The van der Waals surface area contributed by atoms with Crippen LogP contribution in [0.2, 0.25) is 0 Å². The van der Waals surface area contributed by atoms with Crippen molar-refractivity contribution in [2.24, 2.45) is 0 Å². The van der Waals surface area contributed by atoms with Gasteiger partial charge in [-0.15, -0.1) is 0 Å². The summed E-state index contributed by atoms with van der Waals surface area (Å²) >= 11 is 0. The Bertz CT molecular complexity index is 460. The molecule has 18 heavy (non-hydrogen) atoms. The van der Waals surface area contributed by atoms with E-state index in [9.17, 15) is 0 Å². The molecule has 1 aromatic rings. The molecule has 0 amide bonds. The number of hydrogen-bond acceptors (Lipinski definition) is 3.